The summed E-state index contributed by atoms with van der Waals surface area (Å²) in [4.78, 5) is 24.2. The van der Waals surface area contributed by atoms with Gasteiger partial charge in [0.2, 0.25) is 5.91 Å². The van der Waals surface area contributed by atoms with E-state index in [0.29, 0.717) is 58.5 Å². The molecule has 1 aliphatic carbocycles. The van der Waals surface area contributed by atoms with Gasteiger partial charge in [-0.15, -0.1) is 11.8 Å². The number of aliphatic imine (C=N–C) groups is 1. The van der Waals surface area contributed by atoms with E-state index in [1.54, 1.807) is 25.3 Å². The minimum atomic E-state index is -0.306. The van der Waals surface area contributed by atoms with Crippen LogP contribution in [0, 0.1) is 39.9 Å². The number of benzene rings is 2. The van der Waals surface area contributed by atoms with Gasteiger partial charge in [0.1, 0.15) is 24.2 Å². The minimum Gasteiger partial charge on any atom is -0.489 e. The van der Waals surface area contributed by atoms with Crippen LogP contribution < -0.4 is 31.5 Å². The average molecular weight is 905 g/mol. The first-order chi connectivity index (χ1) is 30.2. The second kappa shape index (κ2) is 19.6. The molecular weight excluding hydrogens is 834 g/mol. The number of ether oxygens (including phenoxy) is 3. The van der Waals surface area contributed by atoms with E-state index < -0.39 is 0 Å². The van der Waals surface area contributed by atoms with Gasteiger partial charge in [-0.05, 0) is 68.2 Å². The Morgan fingerprint density at radius 1 is 1.02 bits per heavy atom. The van der Waals surface area contributed by atoms with Crippen LogP contribution in [0.5, 0.6) is 5.75 Å². The van der Waals surface area contributed by atoms with Crippen molar-refractivity contribution in [3.05, 3.63) is 64.2 Å². The molecule has 63 heavy (non-hydrogen) atoms. The predicted octanol–water partition coefficient (Wildman–Crippen LogP) is 5.72. The third kappa shape index (κ3) is 9.58. The van der Waals surface area contributed by atoms with E-state index >= 15 is 0 Å². The molecule has 6 unspecified atom stereocenters. The Morgan fingerprint density at radius 3 is 2.40 bits per heavy atom. The number of nitrogens with zero attached hydrogens (tertiary/aromatic N) is 4. The van der Waals surface area contributed by atoms with E-state index in [1.165, 1.54) is 16.8 Å². The van der Waals surface area contributed by atoms with Gasteiger partial charge >= 0.3 is 0 Å². The summed E-state index contributed by atoms with van der Waals surface area (Å²) >= 11 is 8.38. The zero-order valence-electron chi connectivity index (χ0n) is 38.5. The van der Waals surface area contributed by atoms with Crippen molar-refractivity contribution in [2.45, 2.75) is 134 Å². The molecule has 4 saturated heterocycles. The van der Waals surface area contributed by atoms with Crippen LogP contribution >= 0.6 is 23.4 Å². The third-order valence-electron chi connectivity index (χ3n) is 15.1. The number of nitriles is 1. The van der Waals surface area contributed by atoms with Crippen molar-refractivity contribution in [1.82, 2.24) is 36.6 Å². The number of hydrazine groups is 1. The molecule has 15 heteroatoms. The molecule has 6 aliphatic rings. The number of methoxy groups -OCH3 is 1. The molecule has 5 N–H and O–H groups in total. The van der Waals surface area contributed by atoms with Crippen LogP contribution in [-0.2, 0) is 20.7 Å². The first-order valence-electron chi connectivity index (χ1n) is 23.3. The van der Waals surface area contributed by atoms with Crippen LogP contribution in [0.4, 0.5) is 0 Å². The highest BCUT2D eigenvalue weighted by atomic mass is 35.5. The number of rotatable bonds is 14. The first-order valence-corrected chi connectivity index (χ1v) is 24.6. The zero-order chi connectivity index (χ0) is 44.6. The highest BCUT2D eigenvalue weighted by Crippen LogP contribution is 2.56. The standard InChI is InChI=1S/C48H70ClN9O4S/c1-28-29(2)63-43-39(28)40(53-38(19-23-60-8)41-56-55-30(3)58(41)43)32-13-11-31(12-14-32)10-9-22-61-35-17-20-57(21-18-35)46-51-26-34(27-52-46)42(59)54-44-47(4,5)45(48(44,6)7)62-36-16-15-33(25-50)37(49)24-36/h11-16,24,28-30,34-35,38-39,41,43-46,51-52,55-56H,9-10,17-23,26-27H2,1-8H3,(H,54,59)/t28?,29?,30?,34?,38-,39?,41?,43?,44?,45?,46?/m0/s1. The zero-order valence-corrected chi connectivity index (χ0v) is 40.0. The van der Waals surface area contributed by atoms with E-state index in [4.69, 9.17) is 30.8 Å². The highest BCUT2D eigenvalue weighted by molar-refractivity contribution is 8.00. The van der Waals surface area contributed by atoms with Crippen molar-refractivity contribution in [3.8, 4) is 11.8 Å². The van der Waals surface area contributed by atoms with E-state index in [-0.39, 0.29) is 65.6 Å². The molecule has 8 rings (SSSR count). The largest absolute Gasteiger partial charge is 0.489 e. The molecule has 7 atom stereocenters. The number of carbonyl (C=O) groups is 1. The number of aryl methyl sites for hydroxylation is 1. The minimum absolute atomic E-state index is 0.0473. The van der Waals surface area contributed by atoms with Crippen molar-refractivity contribution in [2.24, 2.45) is 33.6 Å². The normalized spacial score (nSPS) is 34.2. The van der Waals surface area contributed by atoms with Gasteiger partial charge in [-0.1, -0.05) is 77.4 Å². The van der Waals surface area contributed by atoms with Gasteiger partial charge in [0.15, 0.2) is 0 Å². The molecule has 0 spiro atoms. The fraction of sp³-hybridized carbons (Fsp3) is 0.688. The number of nitrogens with one attached hydrogen (secondary N) is 5. The number of hydrogen-bond acceptors (Lipinski definition) is 13. The summed E-state index contributed by atoms with van der Waals surface area (Å²) in [5.41, 5.74) is 10.7. The molecule has 1 saturated carbocycles. The smallest absolute Gasteiger partial charge is 0.225 e. The number of carbonyl (C=O) groups excluding carboxylic acids is 1. The van der Waals surface area contributed by atoms with Crippen molar-refractivity contribution in [2.75, 3.05) is 46.5 Å². The van der Waals surface area contributed by atoms with Crippen molar-refractivity contribution < 1.29 is 19.0 Å². The molecule has 344 valence electrons. The molecule has 0 bridgehead atoms. The molecule has 5 aliphatic heterocycles. The van der Waals surface area contributed by atoms with E-state index in [0.717, 1.165) is 51.8 Å². The maximum atomic E-state index is 13.6. The molecule has 0 aromatic heterocycles. The lowest BCUT2D eigenvalue weighted by Gasteiger charge is -2.63. The average Bonchev–Trinajstić information content (AvgIpc) is 3.76. The SMILES string of the molecule is COCC[C@@H]1N=C(c2ccc(CCCOC3CCN(C4NCC(C(=O)NC5C(C)(C)C(Oc6ccc(C#N)c(Cl)c6)C5(C)C)CN4)CC3)cc2)C2C(C)C(C)SC2N2C(C)NNC12. The number of halogens is 1. The highest BCUT2D eigenvalue weighted by Gasteiger charge is 2.64. The van der Waals surface area contributed by atoms with Gasteiger partial charge in [-0.2, -0.15) is 5.26 Å². The van der Waals surface area contributed by atoms with E-state index in [1.807, 2.05) is 0 Å². The first kappa shape index (κ1) is 46.7. The third-order valence-corrected chi connectivity index (χ3v) is 17.0. The molecule has 2 aromatic carbocycles. The summed E-state index contributed by atoms with van der Waals surface area (Å²) in [6.07, 6.45) is 5.41. The quantitative estimate of drug-likeness (QED) is 0.148. The van der Waals surface area contributed by atoms with Crippen molar-refractivity contribution in [3.63, 3.8) is 0 Å². The lowest BCUT2D eigenvalue weighted by Crippen LogP contribution is -2.75. The van der Waals surface area contributed by atoms with Crippen molar-refractivity contribution in [1.29, 1.82) is 5.26 Å². The number of thioether (sulfide) groups is 1. The summed E-state index contributed by atoms with van der Waals surface area (Å²) in [7, 11) is 1.78. The maximum absolute atomic E-state index is 13.6. The Morgan fingerprint density at radius 2 is 1.73 bits per heavy atom. The van der Waals surface area contributed by atoms with E-state index in [2.05, 4.69) is 127 Å². The second-order valence-corrected chi connectivity index (χ2v) is 21.9. The number of likely N-dealkylation sites (tertiary alicyclic amines) is 1. The van der Waals surface area contributed by atoms with Gasteiger partial charge in [0.25, 0.3) is 0 Å². The van der Waals surface area contributed by atoms with Crippen LogP contribution in [0.25, 0.3) is 0 Å². The van der Waals surface area contributed by atoms with Crippen LogP contribution in [0.1, 0.15) is 90.8 Å². The summed E-state index contributed by atoms with van der Waals surface area (Å²) in [6, 6.07) is 16.5. The van der Waals surface area contributed by atoms with Crippen LogP contribution in [0.3, 0.4) is 0 Å². The Balaban J connectivity index is 0.758. The number of hydrogen-bond donors (Lipinski definition) is 5. The van der Waals surface area contributed by atoms with Gasteiger partial charge in [-0.25, -0.2) is 10.9 Å². The Labute approximate surface area is 384 Å². The second-order valence-electron chi connectivity index (χ2n) is 20.0. The molecule has 1 amide bonds. The maximum Gasteiger partial charge on any atom is 0.225 e. The van der Waals surface area contributed by atoms with Crippen molar-refractivity contribution >= 4 is 35.0 Å². The number of amides is 1. The molecule has 5 heterocycles. The number of fused-ring (bicyclic) bond motifs is 3. The Bertz CT molecular complexity index is 1970. The molecule has 5 fully saturated rings. The van der Waals surface area contributed by atoms with E-state index in [9.17, 15) is 10.1 Å². The van der Waals surface area contributed by atoms with Crippen LogP contribution in [0.2, 0.25) is 5.02 Å². The molecule has 13 nitrogen and oxygen atoms in total. The molecule has 2 aromatic rings. The topological polar surface area (TPSA) is 148 Å². The lowest BCUT2D eigenvalue weighted by atomic mass is 9.49. The predicted molar refractivity (Wildman–Crippen MR) is 250 cm³/mol. The summed E-state index contributed by atoms with van der Waals surface area (Å²) in [5, 5.41) is 21.1. The fourth-order valence-corrected chi connectivity index (χ4v) is 13.6. The summed E-state index contributed by atoms with van der Waals surface area (Å²) in [5.74, 6) is 1.40. The summed E-state index contributed by atoms with van der Waals surface area (Å²) in [6.45, 7) is 20.2. The lowest BCUT2D eigenvalue weighted by molar-refractivity contribution is -0.174. The van der Waals surface area contributed by atoms with Gasteiger partial charge in [0.05, 0.1) is 46.4 Å². The Kier molecular flexibility index (Phi) is 14.5. The monoisotopic (exact) mass is 903 g/mol. The molecular formula is C48H70ClN9O4S. The summed E-state index contributed by atoms with van der Waals surface area (Å²) < 4.78 is 18.4. The fourth-order valence-electron chi connectivity index (χ4n) is 11.6. The van der Waals surface area contributed by atoms with Gasteiger partial charge in [0, 0.05) is 86.3 Å². The van der Waals surface area contributed by atoms with Gasteiger partial charge < -0.3 is 19.5 Å². The van der Waals surface area contributed by atoms with Crippen LogP contribution in [0.15, 0.2) is 47.5 Å². The van der Waals surface area contributed by atoms with Crippen LogP contribution in [-0.4, -0.2) is 121 Å². The van der Waals surface area contributed by atoms with Gasteiger partial charge in [-0.3, -0.25) is 30.2 Å². The number of piperidine rings is 1. The Hall–Kier alpha value is -2.81. The molecule has 0 radical (unpaired) electrons.